The van der Waals surface area contributed by atoms with Crippen molar-refractivity contribution in [1.82, 2.24) is 0 Å². The van der Waals surface area contributed by atoms with Crippen LogP contribution in [0.1, 0.15) is 50.4 Å². The van der Waals surface area contributed by atoms with Gasteiger partial charge in [-0.3, -0.25) is 4.79 Å². The Balaban J connectivity index is 2.43. The van der Waals surface area contributed by atoms with E-state index >= 15 is 0 Å². The third-order valence-corrected chi connectivity index (χ3v) is 2.91. The van der Waals surface area contributed by atoms with Crippen LogP contribution in [0.4, 0.5) is 4.39 Å². The van der Waals surface area contributed by atoms with Gasteiger partial charge in [0, 0.05) is 11.5 Å². The number of Topliss-reactive ketones (excluding diaryl/α,β-unsaturated/α-hetero) is 1. The van der Waals surface area contributed by atoms with Gasteiger partial charge in [0.1, 0.15) is 5.67 Å². The molecule has 0 aromatic heterocycles. The van der Waals surface area contributed by atoms with Gasteiger partial charge in [0.15, 0.2) is 5.78 Å². The number of benzene rings is 1. The van der Waals surface area contributed by atoms with E-state index in [9.17, 15) is 9.18 Å². The van der Waals surface area contributed by atoms with E-state index < -0.39 is 5.67 Å². The molecule has 0 spiro atoms. The standard InChI is InChI=1S/C15H21FO/c1-12(8-7-11-15(2,3)16)14(17)13-9-5-4-6-10-13/h4-6,9-10,12H,7-8,11H2,1-3H3. The average molecular weight is 236 g/mol. The molecule has 0 aliphatic rings. The Labute approximate surface area is 103 Å². The molecule has 0 fully saturated rings. The summed E-state index contributed by atoms with van der Waals surface area (Å²) in [6, 6.07) is 9.29. The molecule has 1 aromatic rings. The van der Waals surface area contributed by atoms with Crippen LogP contribution in [0.25, 0.3) is 0 Å². The number of hydrogen-bond donors (Lipinski definition) is 0. The molecule has 0 aliphatic heterocycles. The van der Waals surface area contributed by atoms with Crippen molar-refractivity contribution in [2.45, 2.75) is 45.7 Å². The van der Waals surface area contributed by atoms with Gasteiger partial charge in [-0.1, -0.05) is 37.3 Å². The van der Waals surface area contributed by atoms with Crippen LogP contribution in [0.5, 0.6) is 0 Å². The highest BCUT2D eigenvalue weighted by molar-refractivity contribution is 5.97. The Morgan fingerprint density at radius 1 is 1.29 bits per heavy atom. The average Bonchev–Trinajstić information content (AvgIpc) is 2.27. The zero-order valence-corrected chi connectivity index (χ0v) is 10.9. The number of ketones is 1. The molecule has 2 heteroatoms. The van der Waals surface area contributed by atoms with Crippen molar-refractivity contribution in [3.8, 4) is 0 Å². The fourth-order valence-electron chi connectivity index (χ4n) is 1.85. The summed E-state index contributed by atoms with van der Waals surface area (Å²) in [5.41, 5.74) is -0.380. The molecule has 1 nitrogen and oxygen atoms in total. The van der Waals surface area contributed by atoms with Gasteiger partial charge < -0.3 is 0 Å². The van der Waals surface area contributed by atoms with Crippen LogP contribution in [-0.2, 0) is 0 Å². The number of carbonyl (C=O) groups is 1. The van der Waals surface area contributed by atoms with Crippen LogP contribution in [0, 0.1) is 5.92 Å². The molecule has 0 saturated carbocycles. The Kier molecular flexibility index (Phi) is 4.86. The van der Waals surface area contributed by atoms with Crippen molar-refractivity contribution in [1.29, 1.82) is 0 Å². The summed E-state index contributed by atoms with van der Waals surface area (Å²) in [5.74, 6) is 0.127. The topological polar surface area (TPSA) is 17.1 Å². The van der Waals surface area contributed by atoms with Gasteiger partial charge >= 0.3 is 0 Å². The first-order chi connectivity index (χ1) is 7.90. The first kappa shape index (κ1) is 13.9. The molecular weight excluding hydrogens is 215 g/mol. The van der Waals surface area contributed by atoms with E-state index in [-0.39, 0.29) is 11.7 Å². The summed E-state index contributed by atoms with van der Waals surface area (Å²) < 4.78 is 13.3. The quantitative estimate of drug-likeness (QED) is 0.668. The van der Waals surface area contributed by atoms with Gasteiger partial charge in [-0.05, 0) is 33.1 Å². The van der Waals surface area contributed by atoms with Crippen LogP contribution in [0.2, 0.25) is 0 Å². The van der Waals surface area contributed by atoms with Crippen LogP contribution in [0.15, 0.2) is 30.3 Å². The van der Waals surface area contributed by atoms with Gasteiger partial charge in [0.2, 0.25) is 0 Å². The molecule has 1 atom stereocenters. The van der Waals surface area contributed by atoms with E-state index in [1.807, 2.05) is 37.3 Å². The molecular formula is C15H21FO. The lowest BCUT2D eigenvalue weighted by atomic mass is 9.92. The largest absolute Gasteiger partial charge is 0.294 e. The van der Waals surface area contributed by atoms with Crippen molar-refractivity contribution < 1.29 is 9.18 Å². The van der Waals surface area contributed by atoms with E-state index in [2.05, 4.69) is 0 Å². The second-order valence-corrected chi connectivity index (χ2v) is 5.24. The van der Waals surface area contributed by atoms with Crippen LogP contribution < -0.4 is 0 Å². The lowest BCUT2D eigenvalue weighted by Gasteiger charge is -2.15. The summed E-state index contributed by atoms with van der Waals surface area (Å²) in [4.78, 5) is 12.0. The molecule has 0 bridgehead atoms. The van der Waals surface area contributed by atoms with Gasteiger partial charge in [-0.15, -0.1) is 0 Å². The Hall–Kier alpha value is -1.18. The molecule has 1 rings (SSSR count). The third kappa shape index (κ3) is 5.12. The van der Waals surface area contributed by atoms with Crippen LogP contribution in [0.3, 0.4) is 0 Å². The van der Waals surface area contributed by atoms with Crippen molar-refractivity contribution in [3.05, 3.63) is 35.9 Å². The summed E-state index contributed by atoms with van der Waals surface area (Å²) in [7, 11) is 0. The van der Waals surface area contributed by atoms with Gasteiger partial charge in [0.05, 0.1) is 0 Å². The normalized spacial score (nSPS) is 13.4. The second-order valence-electron chi connectivity index (χ2n) is 5.24. The Bertz CT molecular complexity index is 351. The summed E-state index contributed by atoms with van der Waals surface area (Å²) in [6.07, 6.45) is 2.02. The van der Waals surface area contributed by atoms with E-state index in [0.717, 1.165) is 18.4 Å². The lowest BCUT2D eigenvalue weighted by molar-refractivity contribution is 0.0916. The van der Waals surface area contributed by atoms with Gasteiger partial charge in [-0.25, -0.2) is 4.39 Å². The van der Waals surface area contributed by atoms with Gasteiger partial charge in [-0.2, -0.15) is 0 Å². The molecule has 0 amide bonds. The molecule has 17 heavy (non-hydrogen) atoms. The van der Waals surface area contributed by atoms with Crippen LogP contribution in [-0.4, -0.2) is 11.5 Å². The van der Waals surface area contributed by atoms with Crippen molar-refractivity contribution in [3.63, 3.8) is 0 Å². The SMILES string of the molecule is CC(CCCC(C)(C)F)C(=O)c1ccccc1. The molecule has 0 radical (unpaired) electrons. The highest BCUT2D eigenvalue weighted by Crippen LogP contribution is 2.21. The molecule has 0 aliphatic carbocycles. The molecule has 0 heterocycles. The minimum absolute atomic E-state index is 0.0280. The number of halogens is 1. The van der Waals surface area contributed by atoms with Crippen LogP contribution >= 0.6 is 0 Å². The number of alkyl halides is 1. The maximum absolute atomic E-state index is 13.3. The van der Waals surface area contributed by atoms with E-state index in [0.29, 0.717) is 6.42 Å². The predicted molar refractivity (Wildman–Crippen MR) is 69.0 cm³/mol. The Morgan fingerprint density at radius 2 is 1.88 bits per heavy atom. The minimum Gasteiger partial charge on any atom is -0.294 e. The van der Waals surface area contributed by atoms with Crippen molar-refractivity contribution in [2.24, 2.45) is 5.92 Å². The second kappa shape index (κ2) is 5.95. The van der Waals surface area contributed by atoms with E-state index in [1.54, 1.807) is 13.8 Å². The number of rotatable bonds is 6. The zero-order chi connectivity index (χ0) is 12.9. The van der Waals surface area contributed by atoms with Gasteiger partial charge in [0.25, 0.3) is 0 Å². The Morgan fingerprint density at radius 3 is 2.41 bits per heavy atom. The highest BCUT2D eigenvalue weighted by atomic mass is 19.1. The number of hydrogen-bond acceptors (Lipinski definition) is 1. The maximum Gasteiger partial charge on any atom is 0.165 e. The molecule has 1 unspecified atom stereocenters. The summed E-state index contributed by atoms with van der Waals surface area (Å²) in [6.45, 7) is 5.08. The van der Waals surface area contributed by atoms with E-state index in [1.165, 1.54) is 0 Å². The maximum atomic E-state index is 13.3. The smallest absolute Gasteiger partial charge is 0.165 e. The summed E-state index contributed by atoms with van der Waals surface area (Å²) in [5, 5.41) is 0. The zero-order valence-electron chi connectivity index (χ0n) is 10.9. The molecule has 94 valence electrons. The van der Waals surface area contributed by atoms with Crippen molar-refractivity contribution in [2.75, 3.05) is 0 Å². The molecule has 0 saturated heterocycles. The molecule has 1 aromatic carbocycles. The fraction of sp³-hybridized carbons (Fsp3) is 0.533. The number of carbonyl (C=O) groups excluding carboxylic acids is 1. The monoisotopic (exact) mass is 236 g/mol. The lowest BCUT2D eigenvalue weighted by Crippen LogP contribution is -2.15. The third-order valence-electron chi connectivity index (χ3n) is 2.91. The highest BCUT2D eigenvalue weighted by Gasteiger charge is 2.18. The summed E-state index contributed by atoms with van der Waals surface area (Å²) >= 11 is 0. The van der Waals surface area contributed by atoms with Crippen molar-refractivity contribution >= 4 is 5.78 Å². The fourth-order valence-corrected chi connectivity index (χ4v) is 1.85. The van der Waals surface area contributed by atoms with E-state index in [4.69, 9.17) is 0 Å². The first-order valence-electron chi connectivity index (χ1n) is 6.18. The molecule has 0 N–H and O–H groups in total. The first-order valence-corrected chi connectivity index (χ1v) is 6.18. The minimum atomic E-state index is -1.13. The predicted octanol–water partition coefficient (Wildman–Crippen LogP) is 4.42.